The standard InChI is InChI=1S/C16H30N4/c1-16(2,3)12-6-7-13(17)14(10-12)20(5)11-15-18-8-9-19(15)4/h8-9,12-14H,6-7,10-11,17H2,1-5H3. The van der Waals surface area contributed by atoms with Crippen molar-refractivity contribution in [2.45, 2.75) is 58.7 Å². The first-order valence-electron chi connectivity index (χ1n) is 7.71. The highest BCUT2D eigenvalue weighted by Gasteiger charge is 2.36. The van der Waals surface area contributed by atoms with Crippen LogP contribution < -0.4 is 5.73 Å². The molecule has 0 saturated heterocycles. The third kappa shape index (κ3) is 3.41. The molecule has 0 bridgehead atoms. The van der Waals surface area contributed by atoms with Gasteiger partial charge < -0.3 is 10.3 Å². The first-order valence-corrected chi connectivity index (χ1v) is 7.71. The summed E-state index contributed by atoms with van der Waals surface area (Å²) in [5, 5.41) is 0. The van der Waals surface area contributed by atoms with Crippen molar-refractivity contribution in [2.24, 2.45) is 24.1 Å². The Morgan fingerprint density at radius 3 is 2.65 bits per heavy atom. The van der Waals surface area contributed by atoms with Crippen molar-refractivity contribution in [3.05, 3.63) is 18.2 Å². The molecule has 1 aliphatic rings. The molecule has 20 heavy (non-hydrogen) atoms. The lowest BCUT2D eigenvalue weighted by atomic mass is 9.69. The van der Waals surface area contributed by atoms with Gasteiger partial charge in [0, 0.05) is 31.5 Å². The SMILES string of the molecule is CN(Cc1nccn1C)C1CC(C(C)(C)C)CCC1N. The van der Waals surface area contributed by atoms with Gasteiger partial charge >= 0.3 is 0 Å². The van der Waals surface area contributed by atoms with Crippen LogP contribution in [0.2, 0.25) is 0 Å². The Bertz CT molecular complexity index is 432. The maximum absolute atomic E-state index is 6.38. The molecule has 3 atom stereocenters. The zero-order chi connectivity index (χ0) is 14.9. The summed E-state index contributed by atoms with van der Waals surface area (Å²) >= 11 is 0. The van der Waals surface area contributed by atoms with E-state index in [1.807, 2.05) is 12.4 Å². The largest absolute Gasteiger partial charge is 0.337 e. The quantitative estimate of drug-likeness (QED) is 0.923. The molecule has 0 spiro atoms. The number of rotatable bonds is 3. The summed E-state index contributed by atoms with van der Waals surface area (Å²) in [5.74, 6) is 1.87. The normalized spacial score (nSPS) is 28.1. The van der Waals surface area contributed by atoms with Gasteiger partial charge in [-0.3, -0.25) is 4.90 Å². The molecule has 1 fully saturated rings. The third-order valence-electron chi connectivity index (χ3n) is 4.97. The van der Waals surface area contributed by atoms with E-state index < -0.39 is 0 Å². The second-order valence-electron chi connectivity index (χ2n) is 7.48. The van der Waals surface area contributed by atoms with Gasteiger partial charge in [0.1, 0.15) is 5.82 Å². The van der Waals surface area contributed by atoms with Crippen LogP contribution in [0.4, 0.5) is 0 Å². The van der Waals surface area contributed by atoms with Gasteiger partial charge in [-0.2, -0.15) is 0 Å². The van der Waals surface area contributed by atoms with Crippen molar-refractivity contribution in [1.82, 2.24) is 14.5 Å². The molecule has 4 heteroatoms. The maximum Gasteiger partial charge on any atom is 0.122 e. The second kappa shape index (κ2) is 5.86. The fourth-order valence-corrected chi connectivity index (χ4v) is 3.35. The first kappa shape index (κ1) is 15.5. The van der Waals surface area contributed by atoms with Crippen molar-refractivity contribution in [3.8, 4) is 0 Å². The molecule has 1 heterocycles. The number of likely N-dealkylation sites (N-methyl/N-ethyl adjacent to an activating group) is 1. The Morgan fingerprint density at radius 2 is 2.10 bits per heavy atom. The topological polar surface area (TPSA) is 47.1 Å². The molecule has 1 aliphatic carbocycles. The van der Waals surface area contributed by atoms with Crippen LogP contribution in [-0.4, -0.2) is 33.6 Å². The first-order chi connectivity index (χ1) is 9.29. The van der Waals surface area contributed by atoms with Crippen LogP contribution in [0.15, 0.2) is 12.4 Å². The van der Waals surface area contributed by atoms with Crippen LogP contribution >= 0.6 is 0 Å². The summed E-state index contributed by atoms with van der Waals surface area (Å²) in [4.78, 5) is 6.82. The van der Waals surface area contributed by atoms with Gasteiger partial charge in [-0.1, -0.05) is 20.8 Å². The highest BCUT2D eigenvalue weighted by molar-refractivity contribution is 4.96. The highest BCUT2D eigenvalue weighted by Crippen LogP contribution is 2.38. The minimum absolute atomic E-state index is 0.291. The van der Waals surface area contributed by atoms with Crippen LogP contribution in [-0.2, 0) is 13.6 Å². The van der Waals surface area contributed by atoms with E-state index in [9.17, 15) is 0 Å². The molecule has 114 valence electrons. The molecule has 4 nitrogen and oxygen atoms in total. The second-order valence-corrected chi connectivity index (χ2v) is 7.48. The Hall–Kier alpha value is -0.870. The number of aryl methyl sites for hydroxylation is 1. The molecule has 2 rings (SSSR count). The predicted molar refractivity (Wildman–Crippen MR) is 83.2 cm³/mol. The zero-order valence-corrected chi connectivity index (χ0v) is 13.6. The van der Waals surface area contributed by atoms with E-state index in [1.54, 1.807) is 0 Å². The average Bonchev–Trinajstić information content (AvgIpc) is 2.74. The Balaban J connectivity index is 2.03. The monoisotopic (exact) mass is 278 g/mol. The molecule has 0 aromatic carbocycles. The van der Waals surface area contributed by atoms with Crippen molar-refractivity contribution in [2.75, 3.05) is 7.05 Å². The zero-order valence-electron chi connectivity index (χ0n) is 13.6. The molecule has 1 aromatic rings. The van der Waals surface area contributed by atoms with Gasteiger partial charge in [-0.25, -0.2) is 4.98 Å². The van der Waals surface area contributed by atoms with Gasteiger partial charge in [0.15, 0.2) is 0 Å². The van der Waals surface area contributed by atoms with Crippen molar-refractivity contribution < 1.29 is 0 Å². The smallest absolute Gasteiger partial charge is 0.122 e. The summed E-state index contributed by atoms with van der Waals surface area (Å²) in [5.41, 5.74) is 6.76. The molecule has 2 N–H and O–H groups in total. The van der Waals surface area contributed by atoms with Crippen LogP contribution in [0.3, 0.4) is 0 Å². The lowest BCUT2D eigenvalue weighted by Crippen LogP contribution is -2.51. The number of imidazole rings is 1. The number of nitrogens with two attached hydrogens (primary N) is 1. The number of hydrogen-bond donors (Lipinski definition) is 1. The van der Waals surface area contributed by atoms with Gasteiger partial charge in [0.2, 0.25) is 0 Å². The van der Waals surface area contributed by atoms with Crippen LogP contribution in [0.25, 0.3) is 0 Å². The summed E-state index contributed by atoms with van der Waals surface area (Å²) in [6, 6.07) is 0.753. The average molecular weight is 278 g/mol. The van der Waals surface area contributed by atoms with Gasteiger partial charge in [-0.15, -0.1) is 0 Å². The maximum atomic E-state index is 6.38. The number of nitrogens with zero attached hydrogens (tertiary/aromatic N) is 3. The van der Waals surface area contributed by atoms with Gasteiger partial charge in [-0.05, 0) is 37.6 Å². The fraction of sp³-hybridized carbons (Fsp3) is 0.812. The van der Waals surface area contributed by atoms with E-state index in [4.69, 9.17) is 5.73 Å². The number of hydrogen-bond acceptors (Lipinski definition) is 3. The van der Waals surface area contributed by atoms with Crippen LogP contribution in [0.5, 0.6) is 0 Å². The summed E-state index contributed by atoms with van der Waals surface area (Å²) < 4.78 is 2.09. The Morgan fingerprint density at radius 1 is 1.40 bits per heavy atom. The summed E-state index contributed by atoms with van der Waals surface area (Å²) in [6.07, 6.45) is 7.46. The van der Waals surface area contributed by atoms with Crippen LogP contribution in [0.1, 0.15) is 45.9 Å². The molecular formula is C16H30N4. The van der Waals surface area contributed by atoms with E-state index in [0.717, 1.165) is 24.7 Å². The number of aromatic nitrogens is 2. The Labute approximate surface area is 123 Å². The predicted octanol–water partition coefficient (Wildman–Crippen LogP) is 2.39. The fourth-order valence-electron chi connectivity index (χ4n) is 3.35. The molecular weight excluding hydrogens is 248 g/mol. The minimum Gasteiger partial charge on any atom is -0.337 e. The molecule has 0 aliphatic heterocycles. The van der Waals surface area contributed by atoms with E-state index in [-0.39, 0.29) is 0 Å². The lowest BCUT2D eigenvalue weighted by Gasteiger charge is -2.44. The van der Waals surface area contributed by atoms with Crippen molar-refractivity contribution in [1.29, 1.82) is 0 Å². The lowest BCUT2D eigenvalue weighted by molar-refractivity contribution is 0.0788. The summed E-state index contributed by atoms with van der Waals surface area (Å²) in [7, 11) is 4.24. The van der Waals surface area contributed by atoms with Gasteiger partial charge in [0.05, 0.1) is 6.54 Å². The summed E-state index contributed by atoms with van der Waals surface area (Å²) in [6.45, 7) is 7.93. The van der Waals surface area contributed by atoms with Crippen LogP contribution in [0, 0.1) is 11.3 Å². The molecule has 1 aromatic heterocycles. The van der Waals surface area contributed by atoms with E-state index >= 15 is 0 Å². The van der Waals surface area contributed by atoms with Crippen molar-refractivity contribution in [3.63, 3.8) is 0 Å². The molecule has 0 amide bonds. The van der Waals surface area contributed by atoms with Crippen molar-refractivity contribution >= 4 is 0 Å². The highest BCUT2D eigenvalue weighted by atomic mass is 15.2. The van der Waals surface area contributed by atoms with E-state index in [0.29, 0.717) is 17.5 Å². The van der Waals surface area contributed by atoms with E-state index in [2.05, 4.69) is 49.3 Å². The van der Waals surface area contributed by atoms with Gasteiger partial charge in [0.25, 0.3) is 0 Å². The van der Waals surface area contributed by atoms with E-state index in [1.165, 1.54) is 12.8 Å². The minimum atomic E-state index is 0.291. The molecule has 0 radical (unpaired) electrons. The molecule has 3 unspecified atom stereocenters. The molecule has 1 saturated carbocycles. The third-order valence-corrected chi connectivity index (χ3v) is 4.97. The Kier molecular flexibility index (Phi) is 4.55.